The lowest BCUT2D eigenvalue weighted by Gasteiger charge is -2.08. The normalized spacial score (nSPS) is 10.3. The summed E-state index contributed by atoms with van der Waals surface area (Å²) >= 11 is 0. The third-order valence-corrected chi connectivity index (χ3v) is 2.31. The van der Waals surface area contributed by atoms with Gasteiger partial charge in [0.2, 0.25) is 6.39 Å². The zero-order valence-corrected chi connectivity index (χ0v) is 8.73. The number of hydrogen-bond acceptors (Lipinski definition) is 4. The van der Waals surface area contributed by atoms with Crippen molar-refractivity contribution in [3.8, 4) is 5.75 Å². The zero-order valence-electron chi connectivity index (χ0n) is 8.73. The van der Waals surface area contributed by atoms with Gasteiger partial charge in [-0.05, 0) is 31.0 Å². The molecule has 1 aromatic heterocycles. The minimum absolute atomic E-state index is 0.310. The molecule has 0 fully saturated rings. The molecule has 2 aromatic rings. The van der Waals surface area contributed by atoms with E-state index in [1.54, 1.807) is 0 Å². The van der Waals surface area contributed by atoms with Crippen molar-refractivity contribution in [1.29, 1.82) is 0 Å². The highest BCUT2D eigenvalue weighted by Crippen LogP contribution is 2.21. The molecule has 0 unspecified atom stereocenters. The zero-order chi connectivity index (χ0) is 10.7. The molecule has 0 saturated carbocycles. The van der Waals surface area contributed by atoms with Crippen molar-refractivity contribution in [1.82, 2.24) is 10.2 Å². The maximum Gasteiger partial charge on any atom is 0.253 e. The first-order chi connectivity index (χ1) is 7.27. The maximum absolute atomic E-state index is 5.57. The van der Waals surface area contributed by atoms with E-state index in [4.69, 9.17) is 9.15 Å². The van der Waals surface area contributed by atoms with Crippen molar-refractivity contribution >= 4 is 0 Å². The van der Waals surface area contributed by atoms with E-state index in [9.17, 15) is 0 Å². The number of rotatable bonds is 3. The number of benzene rings is 1. The van der Waals surface area contributed by atoms with E-state index >= 15 is 0 Å². The Morgan fingerprint density at radius 2 is 2.20 bits per heavy atom. The van der Waals surface area contributed by atoms with Crippen LogP contribution in [-0.4, -0.2) is 10.2 Å². The summed E-state index contributed by atoms with van der Waals surface area (Å²) in [5.41, 5.74) is 2.34. The second-order valence-electron chi connectivity index (χ2n) is 3.32. The predicted molar refractivity (Wildman–Crippen MR) is 54.5 cm³/mol. The molecule has 4 nitrogen and oxygen atoms in total. The molecule has 0 amide bonds. The van der Waals surface area contributed by atoms with Gasteiger partial charge in [0.25, 0.3) is 5.89 Å². The van der Waals surface area contributed by atoms with Crippen molar-refractivity contribution in [3.63, 3.8) is 0 Å². The lowest BCUT2D eigenvalue weighted by molar-refractivity contribution is 0.261. The minimum atomic E-state index is 0.310. The summed E-state index contributed by atoms with van der Waals surface area (Å²) in [4.78, 5) is 0. The molecule has 2 rings (SSSR count). The van der Waals surface area contributed by atoms with E-state index < -0.39 is 0 Å². The summed E-state index contributed by atoms with van der Waals surface area (Å²) in [5, 5.41) is 7.32. The Kier molecular flexibility index (Phi) is 2.67. The molecule has 0 aliphatic heterocycles. The monoisotopic (exact) mass is 204 g/mol. The van der Waals surface area contributed by atoms with Gasteiger partial charge in [-0.15, -0.1) is 10.2 Å². The van der Waals surface area contributed by atoms with Crippen LogP contribution in [0.2, 0.25) is 0 Å². The Labute approximate surface area is 87.9 Å². The number of ether oxygens (including phenoxy) is 1. The molecule has 0 aliphatic carbocycles. The fourth-order valence-corrected chi connectivity index (χ4v) is 1.28. The SMILES string of the molecule is Cc1cccc(OCc2nnco2)c1C. The molecule has 0 spiro atoms. The molecule has 1 aromatic carbocycles. The van der Waals surface area contributed by atoms with Crippen LogP contribution in [0.15, 0.2) is 29.0 Å². The van der Waals surface area contributed by atoms with Crippen LogP contribution in [0.1, 0.15) is 17.0 Å². The molecule has 0 radical (unpaired) electrons. The fourth-order valence-electron chi connectivity index (χ4n) is 1.28. The number of hydrogen-bond donors (Lipinski definition) is 0. The first kappa shape index (κ1) is 9.71. The smallest absolute Gasteiger partial charge is 0.253 e. The van der Waals surface area contributed by atoms with Gasteiger partial charge in [0.1, 0.15) is 5.75 Å². The third-order valence-electron chi connectivity index (χ3n) is 2.31. The van der Waals surface area contributed by atoms with Crippen molar-refractivity contribution < 1.29 is 9.15 Å². The predicted octanol–water partition coefficient (Wildman–Crippen LogP) is 2.27. The van der Waals surface area contributed by atoms with Gasteiger partial charge >= 0.3 is 0 Å². The van der Waals surface area contributed by atoms with Crippen LogP contribution in [0.3, 0.4) is 0 Å². The van der Waals surface area contributed by atoms with Crippen LogP contribution in [0, 0.1) is 13.8 Å². The molecule has 15 heavy (non-hydrogen) atoms. The molecular formula is C11H12N2O2. The average Bonchev–Trinajstić information content (AvgIpc) is 2.73. The molecule has 0 N–H and O–H groups in total. The quantitative estimate of drug-likeness (QED) is 0.769. The lowest BCUT2D eigenvalue weighted by Crippen LogP contribution is -1.98. The van der Waals surface area contributed by atoms with Crippen molar-refractivity contribution in [2.75, 3.05) is 0 Å². The van der Waals surface area contributed by atoms with Gasteiger partial charge in [-0.2, -0.15) is 0 Å². The molecule has 0 aliphatic rings. The van der Waals surface area contributed by atoms with E-state index in [2.05, 4.69) is 23.2 Å². The van der Waals surface area contributed by atoms with Gasteiger partial charge in [0, 0.05) is 0 Å². The first-order valence-electron chi connectivity index (χ1n) is 4.71. The van der Waals surface area contributed by atoms with Crippen LogP contribution < -0.4 is 4.74 Å². The maximum atomic E-state index is 5.57. The highest BCUT2D eigenvalue weighted by Gasteiger charge is 2.04. The Balaban J connectivity index is 2.08. The molecular weight excluding hydrogens is 192 g/mol. The summed E-state index contributed by atoms with van der Waals surface area (Å²) < 4.78 is 10.5. The summed E-state index contributed by atoms with van der Waals surface area (Å²) in [6, 6.07) is 5.94. The number of aryl methyl sites for hydroxylation is 1. The average molecular weight is 204 g/mol. The van der Waals surface area contributed by atoms with Crippen LogP contribution in [0.5, 0.6) is 5.75 Å². The Morgan fingerprint density at radius 3 is 2.93 bits per heavy atom. The third kappa shape index (κ3) is 2.15. The number of aromatic nitrogens is 2. The molecule has 0 saturated heterocycles. The van der Waals surface area contributed by atoms with Crippen LogP contribution in [-0.2, 0) is 6.61 Å². The molecule has 0 atom stereocenters. The highest BCUT2D eigenvalue weighted by molar-refractivity contribution is 5.38. The molecule has 4 heteroatoms. The summed E-state index contributed by atoms with van der Waals surface area (Å²) in [7, 11) is 0. The largest absolute Gasteiger partial charge is 0.484 e. The van der Waals surface area contributed by atoms with Gasteiger partial charge in [0.15, 0.2) is 6.61 Å². The minimum Gasteiger partial charge on any atom is -0.484 e. The summed E-state index contributed by atoms with van der Waals surface area (Å²) in [6.45, 7) is 4.39. The Hall–Kier alpha value is -1.84. The molecule has 1 heterocycles. The first-order valence-corrected chi connectivity index (χ1v) is 4.71. The van der Waals surface area contributed by atoms with Gasteiger partial charge in [-0.3, -0.25) is 0 Å². The van der Waals surface area contributed by atoms with Gasteiger partial charge in [-0.1, -0.05) is 12.1 Å². The fraction of sp³-hybridized carbons (Fsp3) is 0.273. The topological polar surface area (TPSA) is 48.2 Å². The molecule has 0 bridgehead atoms. The van der Waals surface area contributed by atoms with Crippen molar-refractivity contribution in [3.05, 3.63) is 41.6 Å². The van der Waals surface area contributed by atoms with Gasteiger partial charge in [0.05, 0.1) is 0 Å². The van der Waals surface area contributed by atoms with Crippen molar-refractivity contribution in [2.24, 2.45) is 0 Å². The second kappa shape index (κ2) is 4.13. The van der Waals surface area contributed by atoms with Crippen molar-refractivity contribution in [2.45, 2.75) is 20.5 Å². The second-order valence-corrected chi connectivity index (χ2v) is 3.32. The van der Waals surface area contributed by atoms with Crippen LogP contribution in [0.4, 0.5) is 0 Å². The lowest BCUT2D eigenvalue weighted by atomic mass is 10.1. The summed E-state index contributed by atoms with van der Waals surface area (Å²) in [5.74, 6) is 1.34. The summed E-state index contributed by atoms with van der Waals surface area (Å²) in [6.07, 6.45) is 1.29. The highest BCUT2D eigenvalue weighted by atomic mass is 16.5. The van der Waals surface area contributed by atoms with Gasteiger partial charge in [-0.25, -0.2) is 0 Å². The Morgan fingerprint density at radius 1 is 1.33 bits per heavy atom. The molecule has 78 valence electrons. The van der Waals surface area contributed by atoms with E-state index in [-0.39, 0.29) is 0 Å². The van der Waals surface area contributed by atoms with E-state index in [1.807, 2.05) is 19.1 Å². The van der Waals surface area contributed by atoms with E-state index in [0.717, 1.165) is 11.3 Å². The van der Waals surface area contributed by atoms with Crippen LogP contribution >= 0.6 is 0 Å². The van der Waals surface area contributed by atoms with E-state index in [0.29, 0.717) is 12.5 Å². The Bertz CT molecular complexity index is 438. The van der Waals surface area contributed by atoms with E-state index in [1.165, 1.54) is 12.0 Å². The number of nitrogens with zero attached hydrogens (tertiary/aromatic N) is 2. The van der Waals surface area contributed by atoms with Crippen LogP contribution in [0.25, 0.3) is 0 Å². The standard InChI is InChI=1S/C11H12N2O2/c1-8-4-3-5-10(9(8)2)14-6-11-13-12-7-15-11/h3-5,7H,6H2,1-2H3. The van der Waals surface area contributed by atoms with Gasteiger partial charge < -0.3 is 9.15 Å².